The van der Waals surface area contributed by atoms with Crippen molar-refractivity contribution >= 4 is 17.4 Å². The molecule has 92 valence electrons. The molecule has 0 unspecified atom stereocenters. The van der Waals surface area contributed by atoms with Gasteiger partial charge >= 0.3 is 0 Å². The fourth-order valence-electron chi connectivity index (χ4n) is 1.90. The van der Waals surface area contributed by atoms with E-state index in [9.17, 15) is 0 Å². The van der Waals surface area contributed by atoms with Crippen LogP contribution in [0.3, 0.4) is 0 Å². The molecular weight excluding hydrogens is 236 g/mol. The van der Waals surface area contributed by atoms with Gasteiger partial charge in [0.2, 0.25) is 0 Å². The molecule has 1 aromatic carbocycles. The van der Waals surface area contributed by atoms with Crippen LogP contribution in [0.5, 0.6) is 0 Å². The first-order valence-electron chi connectivity index (χ1n) is 5.96. The maximum Gasteiger partial charge on any atom is 0.139 e. The monoisotopic (exact) mass is 252 g/mol. The van der Waals surface area contributed by atoms with Crippen molar-refractivity contribution < 1.29 is 4.74 Å². The molecule has 1 N–H and O–H groups in total. The third-order valence-electron chi connectivity index (χ3n) is 2.66. The van der Waals surface area contributed by atoms with Crippen LogP contribution in [-0.4, -0.2) is 25.5 Å². The van der Waals surface area contributed by atoms with E-state index < -0.39 is 0 Å². The fraction of sp³-hybridized carbons (Fsp3) is 0.462. The predicted octanol–water partition coefficient (Wildman–Crippen LogP) is 2.81. The van der Waals surface area contributed by atoms with E-state index >= 15 is 0 Å². The van der Waals surface area contributed by atoms with Gasteiger partial charge in [-0.25, -0.2) is 0 Å². The molecule has 0 bridgehead atoms. The van der Waals surface area contributed by atoms with E-state index in [-0.39, 0.29) is 6.10 Å². The lowest BCUT2D eigenvalue weighted by atomic mass is 10.1. The Hall–Kier alpha value is -1.06. The Balaban J connectivity index is 2.24. The summed E-state index contributed by atoms with van der Waals surface area (Å²) in [6, 6.07) is 7.75. The van der Waals surface area contributed by atoms with Gasteiger partial charge in [0.1, 0.15) is 11.9 Å². The van der Waals surface area contributed by atoms with Gasteiger partial charge in [-0.15, -0.1) is 0 Å². The SMILES string of the molecule is CCO[C@H](C1=NCCCN1)c1cccc(Cl)c1. The molecule has 0 aliphatic carbocycles. The van der Waals surface area contributed by atoms with Crippen molar-refractivity contribution in [3.63, 3.8) is 0 Å². The quantitative estimate of drug-likeness (QED) is 0.894. The first kappa shape index (κ1) is 12.4. The van der Waals surface area contributed by atoms with E-state index in [0.717, 1.165) is 35.9 Å². The molecule has 0 fully saturated rings. The van der Waals surface area contributed by atoms with Crippen LogP contribution in [-0.2, 0) is 4.74 Å². The summed E-state index contributed by atoms with van der Waals surface area (Å²) >= 11 is 6.01. The Morgan fingerprint density at radius 1 is 1.53 bits per heavy atom. The van der Waals surface area contributed by atoms with Gasteiger partial charge in [-0.3, -0.25) is 4.99 Å². The summed E-state index contributed by atoms with van der Waals surface area (Å²) < 4.78 is 5.77. The highest BCUT2D eigenvalue weighted by atomic mass is 35.5. The van der Waals surface area contributed by atoms with Crippen molar-refractivity contribution in [2.45, 2.75) is 19.4 Å². The number of hydrogen-bond donors (Lipinski definition) is 1. The van der Waals surface area contributed by atoms with Gasteiger partial charge in [-0.2, -0.15) is 0 Å². The van der Waals surface area contributed by atoms with E-state index in [2.05, 4.69) is 10.3 Å². The number of ether oxygens (including phenoxy) is 1. The van der Waals surface area contributed by atoms with E-state index in [4.69, 9.17) is 16.3 Å². The smallest absolute Gasteiger partial charge is 0.139 e. The summed E-state index contributed by atoms with van der Waals surface area (Å²) in [6.07, 6.45) is 0.955. The lowest BCUT2D eigenvalue weighted by molar-refractivity contribution is 0.107. The predicted molar refractivity (Wildman–Crippen MR) is 70.7 cm³/mol. The van der Waals surface area contributed by atoms with Crippen LogP contribution < -0.4 is 5.32 Å². The molecule has 2 rings (SSSR count). The van der Waals surface area contributed by atoms with E-state index in [1.807, 2.05) is 31.2 Å². The molecule has 0 saturated carbocycles. The molecule has 17 heavy (non-hydrogen) atoms. The maximum absolute atomic E-state index is 6.01. The summed E-state index contributed by atoms with van der Waals surface area (Å²) in [6.45, 7) is 4.47. The minimum absolute atomic E-state index is 0.126. The molecule has 0 amide bonds. The zero-order chi connectivity index (χ0) is 12.1. The number of hydrogen-bond acceptors (Lipinski definition) is 3. The van der Waals surface area contributed by atoms with E-state index in [1.165, 1.54) is 0 Å². The highest BCUT2D eigenvalue weighted by Gasteiger charge is 2.20. The molecule has 1 aliphatic heterocycles. The number of aliphatic imine (C=N–C) groups is 1. The van der Waals surface area contributed by atoms with Gasteiger partial charge in [0.05, 0.1) is 0 Å². The lowest BCUT2D eigenvalue weighted by Crippen LogP contribution is -2.35. The summed E-state index contributed by atoms with van der Waals surface area (Å²) in [7, 11) is 0. The largest absolute Gasteiger partial charge is 0.371 e. The van der Waals surface area contributed by atoms with Crippen LogP contribution in [0.1, 0.15) is 25.0 Å². The van der Waals surface area contributed by atoms with E-state index in [0.29, 0.717) is 6.61 Å². The summed E-state index contributed by atoms with van der Waals surface area (Å²) in [5, 5.41) is 4.03. The normalized spacial score (nSPS) is 17.2. The molecular formula is C13H17ClN2O. The van der Waals surface area contributed by atoms with Crippen molar-refractivity contribution in [3.8, 4) is 0 Å². The second-order valence-electron chi connectivity index (χ2n) is 3.94. The highest BCUT2D eigenvalue weighted by Crippen LogP contribution is 2.22. The summed E-state index contributed by atoms with van der Waals surface area (Å²) in [5.74, 6) is 0.917. The zero-order valence-corrected chi connectivity index (χ0v) is 10.7. The Kier molecular flexibility index (Phi) is 4.40. The Bertz CT molecular complexity index is 406. The molecule has 0 aromatic heterocycles. The van der Waals surface area contributed by atoms with Gasteiger partial charge in [0, 0.05) is 24.7 Å². The molecule has 0 spiro atoms. The zero-order valence-electron chi connectivity index (χ0n) is 9.95. The van der Waals surface area contributed by atoms with Crippen LogP contribution in [0.25, 0.3) is 0 Å². The standard InChI is InChI=1S/C13H17ClN2O/c1-2-17-12(13-15-7-4-8-16-13)10-5-3-6-11(14)9-10/h3,5-6,9,12H,2,4,7-8H2,1H3,(H,15,16)/t12-/m0/s1. The number of halogens is 1. The van der Waals surface area contributed by atoms with Crippen molar-refractivity contribution in [1.29, 1.82) is 0 Å². The van der Waals surface area contributed by atoms with Gasteiger partial charge < -0.3 is 10.1 Å². The minimum atomic E-state index is -0.126. The van der Waals surface area contributed by atoms with Gasteiger partial charge in [-0.05, 0) is 31.0 Å². The Morgan fingerprint density at radius 2 is 2.41 bits per heavy atom. The maximum atomic E-state index is 6.01. The molecule has 1 aliphatic rings. The molecule has 3 nitrogen and oxygen atoms in total. The number of amidine groups is 1. The fourth-order valence-corrected chi connectivity index (χ4v) is 2.09. The van der Waals surface area contributed by atoms with Gasteiger partial charge in [-0.1, -0.05) is 23.7 Å². The number of nitrogens with zero attached hydrogens (tertiary/aromatic N) is 1. The summed E-state index contributed by atoms with van der Waals surface area (Å²) in [5.41, 5.74) is 1.05. The molecule has 1 atom stereocenters. The van der Waals surface area contributed by atoms with Crippen LogP contribution in [0.4, 0.5) is 0 Å². The second-order valence-corrected chi connectivity index (χ2v) is 4.37. The van der Waals surface area contributed by atoms with Crippen molar-refractivity contribution in [2.24, 2.45) is 4.99 Å². The minimum Gasteiger partial charge on any atom is -0.371 e. The number of rotatable bonds is 4. The number of nitrogens with one attached hydrogen (secondary N) is 1. The average Bonchev–Trinajstić information content (AvgIpc) is 2.37. The summed E-state index contributed by atoms with van der Waals surface area (Å²) in [4.78, 5) is 4.49. The van der Waals surface area contributed by atoms with E-state index in [1.54, 1.807) is 0 Å². The van der Waals surface area contributed by atoms with Crippen LogP contribution >= 0.6 is 11.6 Å². The first-order valence-corrected chi connectivity index (χ1v) is 6.34. The van der Waals surface area contributed by atoms with Crippen molar-refractivity contribution in [3.05, 3.63) is 34.9 Å². The van der Waals surface area contributed by atoms with Crippen LogP contribution in [0.2, 0.25) is 5.02 Å². The number of benzene rings is 1. The Morgan fingerprint density at radius 3 is 3.06 bits per heavy atom. The topological polar surface area (TPSA) is 33.6 Å². The highest BCUT2D eigenvalue weighted by molar-refractivity contribution is 6.30. The molecule has 1 aromatic rings. The molecule has 0 radical (unpaired) electrons. The first-order chi connectivity index (χ1) is 8.31. The average molecular weight is 253 g/mol. The Labute approximate surface area is 107 Å². The van der Waals surface area contributed by atoms with Gasteiger partial charge in [0.15, 0.2) is 0 Å². The van der Waals surface area contributed by atoms with Gasteiger partial charge in [0.25, 0.3) is 0 Å². The molecule has 0 saturated heterocycles. The van der Waals surface area contributed by atoms with Crippen molar-refractivity contribution in [2.75, 3.05) is 19.7 Å². The third-order valence-corrected chi connectivity index (χ3v) is 2.89. The van der Waals surface area contributed by atoms with Crippen LogP contribution in [0.15, 0.2) is 29.3 Å². The second kappa shape index (κ2) is 6.03. The lowest BCUT2D eigenvalue weighted by Gasteiger charge is -2.23. The van der Waals surface area contributed by atoms with Crippen LogP contribution in [0, 0.1) is 0 Å². The van der Waals surface area contributed by atoms with Crippen molar-refractivity contribution in [1.82, 2.24) is 5.32 Å². The molecule has 4 heteroatoms. The molecule has 1 heterocycles. The third kappa shape index (κ3) is 3.20.